The first-order valence-electron chi connectivity index (χ1n) is 5.54. The number of aliphatic hydroxyl groups is 1. The Morgan fingerprint density at radius 3 is 2.67 bits per heavy atom. The van der Waals surface area contributed by atoms with Gasteiger partial charge in [0.2, 0.25) is 0 Å². The van der Waals surface area contributed by atoms with Crippen molar-refractivity contribution in [3.63, 3.8) is 0 Å². The maximum Gasteiger partial charge on any atom is 0.160 e. The zero-order valence-corrected chi connectivity index (χ0v) is 10.1. The molecule has 0 aliphatic heterocycles. The van der Waals surface area contributed by atoms with Gasteiger partial charge in [-0.1, -0.05) is 12.1 Å². The molecule has 0 amide bonds. The van der Waals surface area contributed by atoms with E-state index in [4.69, 9.17) is 0 Å². The molecule has 1 atom stereocenters. The average Bonchev–Trinajstić information content (AvgIpc) is 2.83. The third-order valence-corrected chi connectivity index (χ3v) is 2.90. The summed E-state index contributed by atoms with van der Waals surface area (Å²) in [7, 11) is 0. The second-order valence-corrected chi connectivity index (χ2v) is 4.27. The van der Waals surface area contributed by atoms with E-state index in [2.05, 4.69) is 10.3 Å². The van der Waals surface area contributed by atoms with E-state index in [0.717, 1.165) is 12.1 Å². The van der Waals surface area contributed by atoms with E-state index in [9.17, 15) is 13.9 Å². The Balaban J connectivity index is 2.38. The summed E-state index contributed by atoms with van der Waals surface area (Å²) in [5, 5.41) is 17.6. The average molecular weight is 253 g/mol. The topological polar surface area (TPSA) is 50.9 Å². The molecular weight excluding hydrogens is 240 g/mol. The smallest absolute Gasteiger partial charge is 0.160 e. The molecular formula is C12H13F2N3O. The first-order chi connectivity index (χ1) is 8.44. The summed E-state index contributed by atoms with van der Waals surface area (Å²) in [5.41, 5.74) is -0.356. The van der Waals surface area contributed by atoms with Crippen LogP contribution in [0.4, 0.5) is 8.78 Å². The number of aromatic nitrogens is 3. The molecule has 2 aromatic rings. The summed E-state index contributed by atoms with van der Waals surface area (Å²) < 4.78 is 27.2. The highest BCUT2D eigenvalue weighted by atomic mass is 19.2. The minimum atomic E-state index is -1.09. The zero-order chi connectivity index (χ0) is 13.3. The van der Waals surface area contributed by atoms with E-state index in [1.54, 1.807) is 6.92 Å². The summed E-state index contributed by atoms with van der Waals surface area (Å²) in [6.45, 7) is 3.43. The number of halogens is 2. The van der Waals surface area contributed by atoms with Crippen LogP contribution in [0.2, 0.25) is 0 Å². The third kappa shape index (κ3) is 2.24. The zero-order valence-electron chi connectivity index (χ0n) is 10.1. The van der Waals surface area contributed by atoms with Gasteiger partial charge in [0, 0.05) is 6.07 Å². The van der Waals surface area contributed by atoms with Gasteiger partial charge >= 0.3 is 0 Å². The van der Waals surface area contributed by atoms with Gasteiger partial charge in [-0.3, -0.25) is 0 Å². The Kier molecular flexibility index (Phi) is 3.13. The van der Waals surface area contributed by atoms with Gasteiger partial charge in [-0.25, -0.2) is 13.5 Å². The van der Waals surface area contributed by atoms with Gasteiger partial charge in [-0.05, 0) is 25.5 Å². The highest BCUT2D eigenvalue weighted by molar-refractivity contribution is 5.32. The van der Waals surface area contributed by atoms with E-state index >= 15 is 0 Å². The van der Waals surface area contributed by atoms with E-state index in [0.29, 0.717) is 17.8 Å². The molecule has 1 aromatic heterocycles. The molecule has 0 aliphatic carbocycles. The largest absolute Gasteiger partial charge is 0.384 e. The van der Waals surface area contributed by atoms with Gasteiger partial charge in [-0.15, -0.1) is 5.10 Å². The van der Waals surface area contributed by atoms with Crippen LogP contribution in [0.25, 0.3) is 5.69 Å². The quantitative estimate of drug-likeness (QED) is 0.912. The van der Waals surface area contributed by atoms with E-state index in [-0.39, 0.29) is 0 Å². The predicted octanol–water partition coefficient (Wildman–Crippen LogP) is 2.16. The summed E-state index contributed by atoms with van der Waals surface area (Å²) >= 11 is 0. The monoisotopic (exact) mass is 253 g/mol. The number of rotatable bonds is 3. The fraction of sp³-hybridized carbons (Fsp3) is 0.333. The van der Waals surface area contributed by atoms with Gasteiger partial charge in [-0.2, -0.15) is 0 Å². The van der Waals surface area contributed by atoms with Crippen LogP contribution in [0.3, 0.4) is 0 Å². The summed E-state index contributed by atoms with van der Waals surface area (Å²) in [6, 6.07) is 3.43. The maximum atomic E-state index is 13.1. The van der Waals surface area contributed by atoms with Crippen molar-refractivity contribution < 1.29 is 13.9 Å². The fourth-order valence-corrected chi connectivity index (χ4v) is 1.45. The van der Waals surface area contributed by atoms with Gasteiger partial charge in [0.05, 0.1) is 11.9 Å². The van der Waals surface area contributed by atoms with Crippen molar-refractivity contribution in [2.24, 2.45) is 0 Å². The molecule has 96 valence electrons. The molecule has 0 radical (unpaired) electrons. The lowest BCUT2D eigenvalue weighted by Crippen LogP contribution is -2.20. The lowest BCUT2D eigenvalue weighted by molar-refractivity contribution is 0.0484. The number of hydrogen-bond donors (Lipinski definition) is 1. The van der Waals surface area contributed by atoms with Crippen LogP contribution in [0.1, 0.15) is 26.0 Å². The maximum absolute atomic E-state index is 13.1. The number of hydrogen-bond acceptors (Lipinski definition) is 3. The van der Waals surface area contributed by atoms with Crippen molar-refractivity contribution in [3.8, 4) is 5.69 Å². The van der Waals surface area contributed by atoms with Crippen LogP contribution >= 0.6 is 0 Å². The molecule has 0 bridgehead atoms. The lowest BCUT2D eigenvalue weighted by atomic mass is 10.0. The molecule has 1 heterocycles. The molecule has 0 saturated heterocycles. The molecule has 0 unspecified atom stereocenters. The molecule has 0 fully saturated rings. The summed E-state index contributed by atoms with van der Waals surface area (Å²) in [5.74, 6) is -1.87. The Bertz CT molecular complexity index is 566. The number of nitrogens with zero attached hydrogens (tertiary/aromatic N) is 3. The molecule has 1 N–H and O–H groups in total. The Morgan fingerprint density at radius 1 is 1.33 bits per heavy atom. The molecule has 0 aliphatic rings. The summed E-state index contributed by atoms with van der Waals surface area (Å²) in [6.07, 6.45) is 1.97. The fourth-order valence-electron chi connectivity index (χ4n) is 1.45. The minimum absolute atomic E-state index is 0.347. The second kappa shape index (κ2) is 4.45. The van der Waals surface area contributed by atoms with Gasteiger partial charge in [0.25, 0.3) is 0 Å². The predicted molar refractivity (Wildman–Crippen MR) is 61.1 cm³/mol. The Hall–Kier alpha value is -1.82. The van der Waals surface area contributed by atoms with Crippen LogP contribution in [0, 0.1) is 11.6 Å². The third-order valence-electron chi connectivity index (χ3n) is 2.90. The molecule has 18 heavy (non-hydrogen) atoms. The molecule has 0 spiro atoms. The van der Waals surface area contributed by atoms with Crippen LogP contribution in [0.5, 0.6) is 0 Å². The minimum Gasteiger partial charge on any atom is -0.384 e. The molecule has 2 rings (SSSR count). The molecule has 6 heteroatoms. The van der Waals surface area contributed by atoms with Crippen LogP contribution in [-0.4, -0.2) is 20.1 Å². The van der Waals surface area contributed by atoms with Gasteiger partial charge in [0.15, 0.2) is 11.6 Å². The molecule has 0 saturated carbocycles. The van der Waals surface area contributed by atoms with Crippen molar-refractivity contribution in [2.75, 3.05) is 0 Å². The SMILES string of the molecule is CC[C@](C)(O)c1cn(-c2ccc(F)c(F)c2)nn1. The van der Waals surface area contributed by atoms with Crippen LogP contribution in [0.15, 0.2) is 24.4 Å². The van der Waals surface area contributed by atoms with E-state index in [1.165, 1.54) is 16.9 Å². The Labute approximate surface area is 103 Å². The van der Waals surface area contributed by atoms with Gasteiger partial charge in [0.1, 0.15) is 11.3 Å². The van der Waals surface area contributed by atoms with Crippen molar-refractivity contribution in [2.45, 2.75) is 25.9 Å². The molecule has 4 nitrogen and oxygen atoms in total. The van der Waals surface area contributed by atoms with E-state index in [1.807, 2.05) is 6.92 Å². The first-order valence-corrected chi connectivity index (χ1v) is 5.54. The lowest BCUT2D eigenvalue weighted by Gasteiger charge is -2.16. The van der Waals surface area contributed by atoms with Crippen molar-refractivity contribution >= 4 is 0 Å². The Morgan fingerprint density at radius 2 is 2.06 bits per heavy atom. The van der Waals surface area contributed by atoms with E-state index < -0.39 is 17.2 Å². The first kappa shape index (κ1) is 12.6. The summed E-state index contributed by atoms with van der Waals surface area (Å²) in [4.78, 5) is 0. The highest BCUT2D eigenvalue weighted by Gasteiger charge is 2.24. The highest BCUT2D eigenvalue weighted by Crippen LogP contribution is 2.22. The van der Waals surface area contributed by atoms with Crippen molar-refractivity contribution in [3.05, 3.63) is 41.7 Å². The van der Waals surface area contributed by atoms with Crippen molar-refractivity contribution in [1.82, 2.24) is 15.0 Å². The normalized spacial score (nSPS) is 14.5. The van der Waals surface area contributed by atoms with Gasteiger partial charge < -0.3 is 5.11 Å². The van der Waals surface area contributed by atoms with Crippen molar-refractivity contribution in [1.29, 1.82) is 0 Å². The standard InChI is InChI=1S/C12H13F2N3O/c1-3-12(2,18)11-7-17(16-15-11)8-4-5-9(13)10(14)6-8/h4-7,18H,3H2,1-2H3/t12-/m0/s1. The van der Waals surface area contributed by atoms with Crippen LogP contribution in [-0.2, 0) is 5.60 Å². The molecule has 1 aromatic carbocycles. The number of benzene rings is 1. The van der Waals surface area contributed by atoms with Crippen LogP contribution < -0.4 is 0 Å². The second-order valence-electron chi connectivity index (χ2n) is 4.27.